The van der Waals surface area contributed by atoms with Gasteiger partial charge < -0.3 is 0 Å². The predicted molar refractivity (Wildman–Crippen MR) is 69.7 cm³/mol. The average Bonchev–Trinajstić information content (AvgIpc) is 2.95. The first-order chi connectivity index (χ1) is 9.53. The second-order valence-electron chi connectivity index (χ2n) is 5.20. The van der Waals surface area contributed by atoms with Crippen molar-refractivity contribution in [2.75, 3.05) is 0 Å². The third kappa shape index (κ3) is 2.04. The fourth-order valence-corrected chi connectivity index (χ4v) is 8.92. The van der Waals surface area contributed by atoms with E-state index in [0.717, 1.165) is 38.2 Å². The maximum atomic E-state index is 11.6. The Morgan fingerprint density at radius 2 is 1.40 bits per heavy atom. The standard InChI is InChI=1S/C11H10.2C2H4O2.Ti/c1-2-6-10(5-1)9-11-7-3-4-8-11;2*1-2(3)4;/h1,3,5,7H,2,4,9H2;2*1H3,(H,3,4);/q;;;+2/p-2. The van der Waals surface area contributed by atoms with Gasteiger partial charge in [-0.3, -0.25) is 0 Å². The van der Waals surface area contributed by atoms with Gasteiger partial charge in [-0.05, 0) is 0 Å². The molecule has 0 bridgehead atoms. The summed E-state index contributed by atoms with van der Waals surface area (Å²) in [4.78, 5) is 23.2. The van der Waals surface area contributed by atoms with Crippen molar-refractivity contribution in [2.45, 2.75) is 33.1 Å². The Hall–Kier alpha value is -1.39. The molecule has 5 heteroatoms. The molecule has 1 heterocycles. The molecule has 3 rings (SSSR count). The van der Waals surface area contributed by atoms with Gasteiger partial charge in [-0.25, -0.2) is 0 Å². The molecule has 0 aromatic heterocycles. The second kappa shape index (κ2) is 4.86. The van der Waals surface area contributed by atoms with E-state index in [1.165, 1.54) is 13.8 Å². The van der Waals surface area contributed by atoms with E-state index in [-0.39, 0.29) is 11.9 Å². The average molecular weight is 308 g/mol. The number of hydrogen-bond acceptors (Lipinski definition) is 4. The molecule has 104 valence electrons. The Labute approximate surface area is 122 Å². The molecule has 0 unspecified atom stereocenters. The van der Waals surface area contributed by atoms with Crippen LogP contribution < -0.4 is 0 Å². The van der Waals surface area contributed by atoms with Crippen LogP contribution in [0.3, 0.4) is 0 Å². The van der Waals surface area contributed by atoms with Crippen molar-refractivity contribution in [2.24, 2.45) is 0 Å². The normalized spacial score (nSPS) is 21.9. The summed E-state index contributed by atoms with van der Waals surface area (Å²) < 4.78 is 13.6. The molecule has 3 aliphatic rings. The monoisotopic (exact) mass is 308 g/mol. The molecule has 1 aliphatic heterocycles. The van der Waals surface area contributed by atoms with Crippen molar-refractivity contribution in [3.63, 3.8) is 0 Å². The topological polar surface area (TPSA) is 52.6 Å². The third-order valence-electron chi connectivity index (χ3n) is 3.81. The van der Waals surface area contributed by atoms with Crippen molar-refractivity contribution in [3.8, 4) is 0 Å². The molecule has 2 aliphatic carbocycles. The summed E-state index contributed by atoms with van der Waals surface area (Å²) in [5, 5.41) is 0. The summed E-state index contributed by atoms with van der Waals surface area (Å²) >= 11 is -3.76. The minimum absolute atomic E-state index is 0.370. The van der Waals surface area contributed by atoms with Crippen LogP contribution in [0.2, 0.25) is 0 Å². The number of carbonyl (C=O) groups excluding carboxylic acids is 2. The van der Waals surface area contributed by atoms with Crippen molar-refractivity contribution in [1.82, 2.24) is 0 Å². The molecule has 0 aromatic rings. The Balaban J connectivity index is 2.13. The van der Waals surface area contributed by atoms with Gasteiger partial charge in [0.15, 0.2) is 0 Å². The first-order valence-electron chi connectivity index (χ1n) is 6.70. The fourth-order valence-electron chi connectivity index (χ4n) is 3.18. The van der Waals surface area contributed by atoms with Crippen molar-refractivity contribution in [1.29, 1.82) is 0 Å². The molecule has 0 fully saturated rings. The molecular formula is C15H16O4Ti. The Kier molecular flexibility index (Phi) is 3.31. The SMILES string of the molecule is CC(=O)[O][Ti]1([O]C(C)=O)[C]2=C(C=CC2)CC2=[C]1CC=C2. The van der Waals surface area contributed by atoms with Gasteiger partial charge in [-0.1, -0.05) is 0 Å². The summed E-state index contributed by atoms with van der Waals surface area (Å²) in [7, 11) is 0. The number of allylic oxidation sites excluding steroid dienone is 8. The zero-order valence-corrected chi connectivity index (χ0v) is 13.1. The number of carbonyl (C=O) groups is 2. The second-order valence-corrected chi connectivity index (χ2v) is 9.65. The van der Waals surface area contributed by atoms with E-state index in [1.54, 1.807) is 0 Å². The van der Waals surface area contributed by atoms with Crippen LogP contribution in [0.5, 0.6) is 0 Å². The Morgan fingerprint density at radius 3 is 1.80 bits per heavy atom. The van der Waals surface area contributed by atoms with Crippen LogP contribution in [0.4, 0.5) is 0 Å². The van der Waals surface area contributed by atoms with Gasteiger partial charge in [0.1, 0.15) is 0 Å². The third-order valence-corrected chi connectivity index (χ3v) is 9.73. The number of hydrogen-bond donors (Lipinski definition) is 0. The van der Waals surface area contributed by atoms with Crippen LogP contribution in [0.15, 0.2) is 43.2 Å². The molecule has 20 heavy (non-hydrogen) atoms. The molecule has 0 saturated carbocycles. The van der Waals surface area contributed by atoms with Crippen LogP contribution >= 0.6 is 0 Å². The molecule has 0 radical (unpaired) electrons. The molecule has 0 amide bonds. The molecule has 0 N–H and O–H groups in total. The predicted octanol–water partition coefficient (Wildman–Crippen LogP) is 2.93. The van der Waals surface area contributed by atoms with Crippen molar-refractivity contribution in [3.05, 3.63) is 43.2 Å². The van der Waals surface area contributed by atoms with Crippen molar-refractivity contribution < 1.29 is 33.6 Å². The zero-order valence-electron chi connectivity index (χ0n) is 11.6. The molecule has 0 saturated heterocycles. The molecular weight excluding hydrogens is 292 g/mol. The van der Waals surface area contributed by atoms with Gasteiger partial charge >= 0.3 is 122 Å². The quantitative estimate of drug-likeness (QED) is 0.736. The summed E-state index contributed by atoms with van der Waals surface area (Å²) in [6.45, 7) is 2.77. The van der Waals surface area contributed by atoms with Gasteiger partial charge in [0, 0.05) is 0 Å². The summed E-state index contributed by atoms with van der Waals surface area (Å²) in [5.41, 5.74) is 2.33. The summed E-state index contributed by atoms with van der Waals surface area (Å²) in [6, 6.07) is 0. The van der Waals surface area contributed by atoms with E-state index in [9.17, 15) is 9.59 Å². The zero-order chi connectivity index (χ0) is 14.3. The van der Waals surface area contributed by atoms with Crippen LogP contribution in [0, 0.1) is 0 Å². The van der Waals surface area contributed by atoms with E-state index < -0.39 is 17.4 Å². The van der Waals surface area contributed by atoms with E-state index in [0.29, 0.717) is 0 Å². The molecule has 0 spiro atoms. The van der Waals surface area contributed by atoms with Crippen LogP contribution in [-0.4, -0.2) is 11.9 Å². The van der Waals surface area contributed by atoms with Crippen molar-refractivity contribution >= 4 is 11.9 Å². The Bertz CT molecular complexity index is 568. The minimum atomic E-state index is -3.76. The Morgan fingerprint density at radius 1 is 0.950 bits per heavy atom. The summed E-state index contributed by atoms with van der Waals surface area (Å²) in [6.07, 6.45) is 10.6. The first-order valence-corrected chi connectivity index (χ1v) is 9.54. The van der Waals surface area contributed by atoms with Gasteiger partial charge in [0.2, 0.25) is 0 Å². The van der Waals surface area contributed by atoms with Gasteiger partial charge in [-0.2, -0.15) is 0 Å². The van der Waals surface area contributed by atoms with Gasteiger partial charge in [0.05, 0.1) is 0 Å². The number of rotatable bonds is 2. The van der Waals surface area contributed by atoms with Crippen LogP contribution in [-0.2, 0) is 33.6 Å². The first kappa shape index (κ1) is 13.6. The van der Waals surface area contributed by atoms with Gasteiger partial charge in [-0.15, -0.1) is 0 Å². The van der Waals surface area contributed by atoms with Crippen LogP contribution in [0.25, 0.3) is 0 Å². The van der Waals surface area contributed by atoms with E-state index in [2.05, 4.69) is 24.3 Å². The fraction of sp³-hybridized carbons (Fsp3) is 0.333. The molecule has 0 atom stereocenters. The molecule has 4 nitrogen and oxygen atoms in total. The van der Waals surface area contributed by atoms with E-state index >= 15 is 0 Å². The van der Waals surface area contributed by atoms with E-state index in [1.807, 2.05) is 0 Å². The summed E-state index contributed by atoms with van der Waals surface area (Å²) in [5.74, 6) is -0.740. The maximum absolute atomic E-state index is 11.6. The van der Waals surface area contributed by atoms with Gasteiger partial charge in [0.25, 0.3) is 0 Å². The van der Waals surface area contributed by atoms with E-state index in [4.69, 9.17) is 6.64 Å². The molecule has 0 aromatic carbocycles. The van der Waals surface area contributed by atoms with Crippen LogP contribution in [0.1, 0.15) is 33.1 Å².